The molecule has 0 radical (unpaired) electrons. The number of likely N-dealkylation sites (N-methyl/N-ethyl adjacent to an activating group) is 1. The average molecular weight is 735 g/mol. The fourth-order valence-corrected chi connectivity index (χ4v) is 6.12. The molecule has 0 spiro atoms. The minimum absolute atomic E-state index is 0. The topological polar surface area (TPSA) is 130 Å². The minimum Gasteiger partial charge on any atom is -1.00 e. The number of rotatable bonds is 11. The van der Waals surface area contributed by atoms with E-state index < -0.39 is 24.0 Å². The number of hydrogen-bond acceptors (Lipinski definition) is 9. The predicted octanol–water partition coefficient (Wildman–Crippen LogP) is -0.366. The maximum atomic E-state index is 13.5. The molecule has 2 aromatic rings. The number of primary amides is 1. The maximum Gasteiger partial charge on any atom is 0.355 e. The molecule has 1 saturated heterocycles. The first-order valence-corrected chi connectivity index (χ1v) is 14.8. The van der Waals surface area contributed by atoms with E-state index in [0.717, 1.165) is 11.1 Å². The maximum absolute atomic E-state index is 13.5. The third-order valence-corrected chi connectivity index (χ3v) is 9.12. The lowest BCUT2D eigenvalue weighted by atomic mass is 10.0. The summed E-state index contributed by atoms with van der Waals surface area (Å²) in [5.74, 6) is 1.21. The average Bonchev–Trinajstić information content (AvgIpc) is 3.47. The Bertz CT molecular complexity index is 1510. The normalized spacial score (nSPS) is 19.8. The molecule has 2 amide bonds. The molecule has 3 aliphatic heterocycles. The highest BCUT2D eigenvalue weighted by Gasteiger charge is 2.53. The van der Waals surface area contributed by atoms with Gasteiger partial charge in [-0.05, 0) is 60.0 Å². The quantitative estimate of drug-likeness (QED) is 0.109. The van der Waals surface area contributed by atoms with Gasteiger partial charge in [-0.25, -0.2) is 4.79 Å². The van der Waals surface area contributed by atoms with E-state index >= 15 is 0 Å². The van der Waals surface area contributed by atoms with Crippen LogP contribution >= 0.6 is 11.8 Å². The van der Waals surface area contributed by atoms with Crippen LogP contribution < -0.4 is 43.9 Å². The van der Waals surface area contributed by atoms with Crippen molar-refractivity contribution in [3.8, 4) is 17.2 Å². The van der Waals surface area contributed by atoms with Gasteiger partial charge in [-0.2, -0.15) is 0 Å². The summed E-state index contributed by atoms with van der Waals surface area (Å²) in [5, 5.41) is -0.347. The van der Waals surface area contributed by atoms with Gasteiger partial charge in [0.05, 0.1) is 27.7 Å². The van der Waals surface area contributed by atoms with Crippen molar-refractivity contribution in [2.45, 2.75) is 31.0 Å². The monoisotopic (exact) mass is 734 g/mol. The van der Waals surface area contributed by atoms with E-state index in [1.165, 1.54) is 16.7 Å². The lowest BCUT2D eigenvalue weighted by Crippen LogP contribution is -3.00. The molecule has 0 saturated carbocycles. The van der Waals surface area contributed by atoms with Gasteiger partial charge in [-0.15, -0.1) is 11.8 Å². The number of methoxy groups -OCH3 is 1. The van der Waals surface area contributed by atoms with Crippen molar-refractivity contribution < 1.29 is 61.8 Å². The van der Waals surface area contributed by atoms with Crippen molar-refractivity contribution in [2.75, 3.05) is 40.3 Å². The Labute approximate surface area is 277 Å². The summed E-state index contributed by atoms with van der Waals surface area (Å²) in [6.07, 6.45) is 5.37. The predicted molar refractivity (Wildman–Crippen MR) is 162 cm³/mol. The number of nitrogens with zero attached hydrogens (tertiary/aromatic N) is 3. The van der Waals surface area contributed by atoms with Crippen molar-refractivity contribution in [2.24, 2.45) is 10.7 Å². The number of fused-ring (bicyclic) bond motifs is 2. The van der Waals surface area contributed by atoms with Crippen LogP contribution in [0.5, 0.6) is 17.2 Å². The molecule has 0 bridgehead atoms. The van der Waals surface area contributed by atoms with Gasteiger partial charge < -0.3 is 53.1 Å². The molecule has 5 rings (SSSR count). The number of allylic oxidation sites excluding steroid dienone is 1. The molecule has 3 aliphatic rings. The highest BCUT2D eigenvalue weighted by molar-refractivity contribution is 8.00. The molecule has 0 aromatic heterocycles. The smallest absolute Gasteiger partial charge is 0.355 e. The molecular formula is C31H35IN4O7S. The first-order valence-electron chi connectivity index (χ1n) is 13.8. The Kier molecular flexibility index (Phi) is 10.6. The summed E-state index contributed by atoms with van der Waals surface area (Å²) in [6.45, 7) is 2.48. The molecule has 13 heteroatoms. The summed E-state index contributed by atoms with van der Waals surface area (Å²) in [4.78, 5) is 44.8. The van der Waals surface area contributed by atoms with E-state index in [4.69, 9.17) is 24.7 Å². The zero-order chi connectivity index (χ0) is 30.7. The number of ether oxygens (including phenoxy) is 4. The van der Waals surface area contributed by atoms with Crippen LogP contribution in [0.3, 0.4) is 0 Å². The number of halogens is 1. The van der Waals surface area contributed by atoms with Crippen molar-refractivity contribution in [3.63, 3.8) is 0 Å². The van der Waals surface area contributed by atoms with Gasteiger partial charge in [0, 0.05) is 12.0 Å². The largest absolute Gasteiger partial charge is 1.00 e. The van der Waals surface area contributed by atoms with E-state index in [1.54, 1.807) is 38.4 Å². The Morgan fingerprint density at radius 2 is 1.91 bits per heavy atom. The van der Waals surface area contributed by atoms with Crippen LogP contribution in [0.2, 0.25) is 0 Å². The van der Waals surface area contributed by atoms with Crippen LogP contribution in [0, 0.1) is 0 Å². The summed E-state index contributed by atoms with van der Waals surface area (Å²) >= 11 is 1.53. The fourth-order valence-electron chi connectivity index (χ4n) is 4.81. The number of amides is 2. The summed E-state index contributed by atoms with van der Waals surface area (Å²) in [5.41, 5.74) is 7.96. The van der Waals surface area contributed by atoms with Gasteiger partial charge in [0.25, 0.3) is 11.8 Å². The van der Waals surface area contributed by atoms with Crippen LogP contribution in [0.15, 0.2) is 70.9 Å². The van der Waals surface area contributed by atoms with Gasteiger partial charge in [0.1, 0.15) is 23.4 Å². The second kappa shape index (κ2) is 14.0. The summed E-state index contributed by atoms with van der Waals surface area (Å²) in [6, 6.07) is 11.6. The van der Waals surface area contributed by atoms with Crippen LogP contribution in [0.25, 0.3) is 0 Å². The van der Waals surface area contributed by atoms with Crippen LogP contribution in [-0.4, -0.2) is 91.1 Å². The van der Waals surface area contributed by atoms with Gasteiger partial charge >= 0.3 is 5.97 Å². The van der Waals surface area contributed by atoms with Crippen molar-refractivity contribution in [1.82, 2.24) is 4.90 Å². The van der Waals surface area contributed by atoms with E-state index in [0.29, 0.717) is 39.6 Å². The minimum atomic E-state index is -0.641. The number of esters is 1. The lowest BCUT2D eigenvalue weighted by Gasteiger charge is -2.47. The van der Waals surface area contributed by atoms with Crippen molar-refractivity contribution in [1.29, 1.82) is 0 Å². The molecule has 0 aliphatic carbocycles. The van der Waals surface area contributed by atoms with E-state index in [2.05, 4.69) is 4.99 Å². The van der Waals surface area contributed by atoms with Crippen molar-refractivity contribution in [3.05, 3.63) is 77.0 Å². The Morgan fingerprint density at radius 3 is 2.61 bits per heavy atom. The molecule has 3 atom stereocenters. The number of quaternary nitrogens is 1. The molecule has 11 nitrogen and oxygen atoms in total. The van der Waals surface area contributed by atoms with Gasteiger partial charge in [-0.3, -0.25) is 19.5 Å². The van der Waals surface area contributed by atoms with Crippen LogP contribution in [0.4, 0.5) is 0 Å². The molecular weight excluding hydrogens is 699 g/mol. The Morgan fingerprint density at radius 1 is 1.18 bits per heavy atom. The Hall–Kier alpha value is -3.56. The number of aliphatic imine (C=N–C) groups is 1. The zero-order valence-corrected chi connectivity index (χ0v) is 27.9. The number of β-lactam (4-membered cyclic amide) rings is 1. The van der Waals surface area contributed by atoms with Crippen molar-refractivity contribution >= 4 is 35.8 Å². The molecule has 234 valence electrons. The van der Waals surface area contributed by atoms with E-state index in [-0.39, 0.29) is 54.4 Å². The first kappa shape index (κ1) is 33.3. The van der Waals surface area contributed by atoms with E-state index in [9.17, 15) is 14.4 Å². The third-order valence-electron chi connectivity index (χ3n) is 7.83. The van der Waals surface area contributed by atoms with Gasteiger partial charge in [0.15, 0.2) is 23.6 Å². The summed E-state index contributed by atoms with van der Waals surface area (Å²) in [7, 11) is 5.40. The number of thioether (sulfide) groups is 1. The number of benzene rings is 2. The van der Waals surface area contributed by atoms with Crippen LogP contribution in [0.1, 0.15) is 18.1 Å². The standard InChI is InChI=1S/C31H34N4O7S.HI/c1-19(28(32)36)35(2,3)13-5-6-22-17-43-30-26(33-15-21-9-12-24-25(14-21)42-18-41-24)29(37)34(30)27(22)31(38)40-16-20-7-10-23(39-4)11-8-20;/h5-12,14-15,19,26,30H,13,16-18H2,1-4H3,(H-,32,36);1H/b6-5+,33-15?;/t19-,26-,30+;/m1./s1. The van der Waals surface area contributed by atoms with Gasteiger partial charge in [0.2, 0.25) is 6.79 Å². The fraction of sp³-hybridized carbons (Fsp3) is 0.355. The summed E-state index contributed by atoms with van der Waals surface area (Å²) < 4.78 is 22.0. The zero-order valence-electron chi connectivity index (χ0n) is 24.9. The molecule has 2 N–H and O–H groups in total. The molecule has 44 heavy (non-hydrogen) atoms. The highest BCUT2D eigenvalue weighted by Crippen LogP contribution is 2.42. The van der Waals surface area contributed by atoms with Gasteiger partial charge in [-0.1, -0.05) is 18.2 Å². The van der Waals surface area contributed by atoms with E-state index in [1.807, 2.05) is 50.5 Å². The highest BCUT2D eigenvalue weighted by atomic mass is 127. The van der Waals surface area contributed by atoms with Crippen LogP contribution in [-0.2, 0) is 25.7 Å². The lowest BCUT2D eigenvalue weighted by molar-refractivity contribution is -0.898. The molecule has 2 aromatic carbocycles. The molecule has 1 fully saturated rings. The number of carbonyl (C=O) groups is 3. The second-order valence-corrected chi connectivity index (χ2v) is 12.1. The molecule has 3 heterocycles. The third kappa shape index (κ3) is 7.05. The number of carbonyl (C=O) groups excluding carboxylic acids is 3. The molecule has 0 unspecified atom stereocenters. The first-order chi connectivity index (χ1) is 20.6. The number of hydrogen-bond donors (Lipinski definition) is 1. The SMILES string of the molecule is COc1ccc(COC(=O)C2=C(/C=C/C[N+](C)(C)[C@H](C)C(N)=O)CS[C@H]3[C@H](N=Cc4ccc5c(c4)OCO5)C(=O)N23)cc1.[I-]. The number of nitrogens with two attached hydrogens (primary N) is 1. The Balaban J connectivity index is 0.00000442. The second-order valence-electron chi connectivity index (χ2n) is 11.0.